The molecule has 27 heavy (non-hydrogen) atoms. The molecular weight excluding hydrogens is 368 g/mol. The number of nitrogens with one attached hydrogen (secondary N) is 1. The van der Waals surface area contributed by atoms with Crippen LogP contribution in [0.3, 0.4) is 0 Å². The summed E-state index contributed by atoms with van der Waals surface area (Å²) in [5.41, 5.74) is 1.50. The number of carbonyl (C=O) groups is 1. The number of amides is 1. The van der Waals surface area contributed by atoms with E-state index in [0.29, 0.717) is 22.2 Å². The van der Waals surface area contributed by atoms with Gasteiger partial charge in [0.1, 0.15) is 11.8 Å². The summed E-state index contributed by atoms with van der Waals surface area (Å²) in [5, 5.41) is 7.42. The van der Waals surface area contributed by atoms with Crippen LogP contribution >= 0.6 is 11.6 Å². The fourth-order valence-electron chi connectivity index (χ4n) is 2.48. The van der Waals surface area contributed by atoms with Gasteiger partial charge in [-0.1, -0.05) is 11.6 Å². The van der Waals surface area contributed by atoms with Crippen LogP contribution in [-0.4, -0.2) is 27.8 Å². The minimum absolute atomic E-state index is 0.372. The minimum atomic E-state index is -0.819. The predicted molar refractivity (Wildman–Crippen MR) is 103 cm³/mol. The van der Waals surface area contributed by atoms with Gasteiger partial charge < -0.3 is 10.1 Å². The molecule has 3 aromatic rings. The second-order valence-electron chi connectivity index (χ2n) is 5.75. The molecule has 138 valence electrons. The van der Waals surface area contributed by atoms with Crippen LogP contribution in [0.4, 0.5) is 5.69 Å². The maximum absolute atomic E-state index is 12.6. The molecule has 1 aromatic carbocycles. The van der Waals surface area contributed by atoms with Crippen LogP contribution in [0.1, 0.15) is 13.0 Å². The standard InChI is InChI=1S/C19H17ClN4O3/c1-12(19(26)22-14-3-5-17(27-2)15(20)11-14)24-18(25)6-4-16(23-24)13-7-9-21-10-8-13/h3-12H,1-2H3,(H,22,26). The molecule has 8 heteroatoms. The van der Waals surface area contributed by atoms with E-state index in [-0.39, 0.29) is 5.56 Å². The second kappa shape index (κ2) is 8.01. The quantitative estimate of drug-likeness (QED) is 0.730. The molecule has 0 spiro atoms. The first-order chi connectivity index (χ1) is 13.0. The number of methoxy groups -OCH3 is 1. The third-order valence-corrected chi connectivity index (χ3v) is 4.26. The molecule has 1 N–H and O–H groups in total. The van der Waals surface area contributed by atoms with Gasteiger partial charge in [0.2, 0.25) is 5.91 Å². The average Bonchev–Trinajstić information content (AvgIpc) is 2.68. The third-order valence-electron chi connectivity index (χ3n) is 3.97. The molecule has 2 aromatic heterocycles. The number of hydrogen-bond acceptors (Lipinski definition) is 5. The Kier molecular flexibility index (Phi) is 5.52. The van der Waals surface area contributed by atoms with Crippen molar-refractivity contribution in [2.45, 2.75) is 13.0 Å². The smallest absolute Gasteiger partial charge is 0.267 e. The van der Waals surface area contributed by atoms with Gasteiger partial charge >= 0.3 is 0 Å². The first-order valence-electron chi connectivity index (χ1n) is 8.14. The first kappa shape index (κ1) is 18.6. The highest BCUT2D eigenvalue weighted by atomic mass is 35.5. The SMILES string of the molecule is COc1ccc(NC(=O)C(C)n2nc(-c3ccncc3)ccc2=O)cc1Cl. The zero-order chi connectivity index (χ0) is 19.4. The highest BCUT2D eigenvalue weighted by Gasteiger charge is 2.18. The zero-order valence-corrected chi connectivity index (χ0v) is 15.5. The normalized spacial score (nSPS) is 11.7. The third kappa shape index (κ3) is 4.15. The molecule has 1 unspecified atom stereocenters. The summed E-state index contributed by atoms with van der Waals surface area (Å²) in [6, 6.07) is 10.6. The lowest BCUT2D eigenvalue weighted by molar-refractivity contribution is -0.119. The summed E-state index contributed by atoms with van der Waals surface area (Å²) in [6.07, 6.45) is 3.27. The minimum Gasteiger partial charge on any atom is -0.495 e. The average molecular weight is 385 g/mol. The van der Waals surface area contributed by atoms with Crippen molar-refractivity contribution in [3.05, 3.63) is 70.2 Å². The van der Waals surface area contributed by atoms with Crippen molar-refractivity contribution in [2.24, 2.45) is 0 Å². The number of rotatable bonds is 5. The van der Waals surface area contributed by atoms with E-state index >= 15 is 0 Å². The Hall–Kier alpha value is -3.19. The van der Waals surface area contributed by atoms with Crippen LogP contribution < -0.4 is 15.6 Å². The molecule has 1 amide bonds. The van der Waals surface area contributed by atoms with Crippen LogP contribution in [0.2, 0.25) is 5.02 Å². The summed E-state index contributed by atoms with van der Waals surface area (Å²) in [4.78, 5) is 28.8. The van der Waals surface area contributed by atoms with Crippen LogP contribution in [0.25, 0.3) is 11.3 Å². The van der Waals surface area contributed by atoms with Crippen LogP contribution in [0.5, 0.6) is 5.75 Å². The van der Waals surface area contributed by atoms with Crippen LogP contribution in [-0.2, 0) is 4.79 Å². The molecule has 1 atom stereocenters. The van der Waals surface area contributed by atoms with Gasteiger partial charge in [0, 0.05) is 29.7 Å². The Morgan fingerprint density at radius 1 is 1.19 bits per heavy atom. The Labute approximate surface area is 160 Å². The Morgan fingerprint density at radius 3 is 2.59 bits per heavy atom. The highest BCUT2D eigenvalue weighted by Crippen LogP contribution is 2.27. The predicted octanol–water partition coefficient (Wildman–Crippen LogP) is 3.17. The van der Waals surface area contributed by atoms with E-state index in [1.807, 2.05) is 0 Å². The van der Waals surface area contributed by atoms with E-state index in [4.69, 9.17) is 16.3 Å². The maximum atomic E-state index is 12.6. The Bertz CT molecular complexity index is 1020. The van der Waals surface area contributed by atoms with Gasteiger partial charge in [-0.25, -0.2) is 4.68 Å². The van der Waals surface area contributed by atoms with Gasteiger partial charge in [-0.15, -0.1) is 0 Å². The fraction of sp³-hybridized carbons (Fsp3) is 0.158. The fourth-order valence-corrected chi connectivity index (χ4v) is 2.74. The van der Waals surface area contributed by atoms with Crippen molar-refractivity contribution in [3.63, 3.8) is 0 Å². The molecule has 3 rings (SSSR count). The Morgan fingerprint density at radius 2 is 1.93 bits per heavy atom. The number of benzene rings is 1. The molecule has 0 bridgehead atoms. The summed E-state index contributed by atoms with van der Waals surface area (Å²) >= 11 is 6.07. The van der Waals surface area contributed by atoms with E-state index in [1.165, 1.54) is 13.2 Å². The number of ether oxygens (including phenoxy) is 1. The largest absolute Gasteiger partial charge is 0.495 e. The molecule has 0 aliphatic carbocycles. The number of pyridine rings is 1. The molecule has 0 fully saturated rings. The van der Waals surface area contributed by atoms with Crippen LogP contribution in [0.15, 0.2) is 59.7 Å². The molecular formula is C19H17ClN4O3. The monoisotopic (exact) mass is 384 g/mol. The topological polar surface area (TPSA) is 86.1 Å². The van der Waals surface area contributed by atoms with Crippen LogP contribution in [0, 0.1) is 0 Å². The van der Waals surface area contributed by atoms with Crippen molar-refractivity contribution in [2.75, 3.05) is 12.4 Å². The second-order valence-corrected chi connectivity index (χ2v) is 6.16. The zero-order valence-electron chi connectivity index (χ0n) is 14.7. The van der Waals surface area contributed by atoms with Crippen molar-refractivity contribution < 1.29 is 9.53 Å². The summed E-state index contributed by atoms with van der Waals surface area (Å²) in [5.74, 6) is 0.114. The molecule has 0 saturated heterocycles. The lowest BCUT2D eigenvalue weighted by Crippen LogP contribution is -2.33. The van der Waals surface area contributed by atoms with Crippen molar-refractivity contribution >= 4 is 23.2 Å². The van der Waals surface area contributed by atoms with Gasteiger partial charge in [0.05, 0.1) is 17.8 Å². The van der Waals surface area contributed by atoms with E-state index in [2.05, 4.69) is 15.4 Å². The van der Waals surface area contributed by atoms with Crippen molar-refractivity contribution in [1.82, 2.24) is 14.8 Å². The van der Waals surface area contributed by atoms with Crippen molar-refractivity contribution in [3.8, 4) is 17.0 Å². The lowest BCUT2D eigenvalue weighted by Gasteiger charge is -2.15. The number of nitrogens with zero attached hydrogens (tertiary/aromatic N) is 3. The molecule has 7 nitrogen and oxygen atoms in total. The molecule has 2 heterocycles. The highest BCUT2D eigenvalue weighted by molar-refractivity contribution is 6.32. The number of halogens is 1. The molecule has 0 aliphatic heterocycles. The Balaban J connectivity index is 1.84. The van der Waals surface area contributed by atoms with Gasteiger partial charge in [-0.2, -0.15) is 5.10 Å². The van der Waals surface area contributed by atoms with E-state index in [0.717, 1.165) is 10.2 Å². The van der Waals surface area contributed by atoms with E-state index in [1.54, 1.807) is 55.7 Å². The molecule has 0 aliphatic rings. The molecule has 0 saturated carbocycles. The van der Waals surface area contributed by atoms with Gasteiger partial charge in [0.25, 0.3) is 5.56 Å². The van der Waals surface area contributed by atoms with E-state index < -0.39 is 11.9 Å². The van der Waals surface area contributed by atoms with Gasteiger partial charge in [-0.3, -0.25) is 14.6 Å². The number of aromatic nitrogens is 3. The van der Waals surface area contributed by atoms with Gasteiger partial charge in [0.15, 0.2) is 0 Å². The number of anilines is 1. The van der Waals surface area contributed by atoms with E-state index in [9.17, 15) is 9.59 Å². The first-order valence-corrected chi connectivity index (χ1v) is 8.52. The summed E-state index contributed by atoms with van der Waals surface area (Å²) < 4.78 is 6.24. The number of carbonyl (C=O) groups excluding carboxylic acids is 1. The lowest BCUT2D eigenvalue weighted by atomic mass is 10.2. The summed E-state index contributed by atoms with van der Waals surface area (Å²) in [7, 11) is 1.51. The van der Waals surface area contributed by atoms with Gasteiger partial charge in [-0.05, 0) is 43.3 Å². The molecule has 0 radical (unpaired) electrons. The summed E-state index contributed by atoms with van der Waals surface area (Å²) in [6.45, 7) is 1.60. The maximum Gasteiger partial charge on any atom is 0.267 e. The number of hydrogen-bond donors (Lipinski definition) is 1. The van der Waals surface area contributed by atoms with Crippen molar-refractivity contribution in [1.29, 1.82) is 0 Å².